The molecule has 2 heterocycles. The number of rotatable bonds is 5. The second-order valence-corrected chi connectivity index (χ2v) is 10.1. The molecule has 3 N–H and O–H groups in total. The summed E-state index contributed by atoms with van der Waals surface area (Å²) in [6, 6.07) is 12.2. The van der Waals surface area contributed by atoms with E-state index in [1.165, 1.54) is 6.26 Å². The van der Waals surface area contributed by atoms with Gasteiger partial charge in [-0.05, 0) is 62.1 Å². The highest BCUT2D eigenvalue weighted by molar-refractivity contribution is 7.90. The first-order chi connectivity index (χ1) is 14.5. The Balaban J connectivity index is 1.59. The molecule has 4 rings (SSSR count). The van der Waals surface area contributed by atoms with Crippen LogP contribution in [0.1, 0.15) is 25.0 Å². The summed E-state index contributed by atoms with van der Waals surface area (Å²) in [7, 11) is -4.29. The fraction of sp³-hybridized carbons (Fsp3) is 0.238. The fourth-order valence-corrected chi connectivity index (χ4v) is 4.17. The lowest BCUT2D eigenvalue weighted by atomic mass is 9.78. The van der Waals surface area contributed by atoms with Gasteiger partial charge >= 0.3 is 7.12 Å². The van der Waals surface area contributed by atoms with Gasteiger partial charge in [0, 0.05) is 29.4 Å². The van der Waals surface area contributed by atoms with Crippen LogP contribution in [0.15, 0.2) is 53.6 Å². The van der Waals surface area contributed by atoms with E-state index < -0.39 is 22.6 Å². The Kier molecular flexibility index (Phi) is 5.24. The first kappa shape index (κ1) is 21.3. The van der Waals surface area contributed by atoms with Gasteiger partial charge in [0.15, 0.2) is 9.84 Å². The molecule has 0 fully saturated rings. The summed E-state index contributed by atoms with van der Waals surface area (Å²) < 4.78 is 29.2. The van der Waals surface area contributed by atoms with Crippen molar-refractivity contribution in [2.45, 2.75) is 31.3 Å². The number of fused-ring (bicyclic) bond motifs is 1. The lowest BCUT2D eigenvalue weighted by Crippen LogP contribution is -2.28. The molecule has 0 aliphatic carbocycles. The van der Waals surface area contributed by atoms with Crippen LogP contribution in [0.5, 0.6) is 0 Å². The first-order valence-electron chi connectivity index (χ1n) is 9.71. The summed E-state index contributed by atoms with van der Waals surface area (Å²) in [6.07, 6.45) is 2.84. The van der Waals surface area contributed by atoms with Gasteiger partial charge in [-0.25, -0.2) is 13.4 Å². The highest BCUT2D eigenvalue weighted by atomic mass is 32.2. The van der Waals surface area contributed by atoms with Crippen molar-refractivity contribution in [2.75, 3.05) is 16.9 Å². The third-order valence-corrected chi connectivity index (χ3v) is 6.24. The van der Waals surface area contributed by atoms with Crippen molar-refractivity contribution < 1.29 is 18.1 Å². The Labute approximate surface area is 181 Å². The second kappa shape index (κ2) is 7.63. The van der Waals surface area contributed by atoms with Crippen molar-refractivity contribution in [1.82, 2.24) is 9.97 Å². The number of nitrogens with zero attached hydrogens (tertiary/aromatic N) is 2. The molecule has 160 valence electrons. The normalized spacial score (nSPS) is 14.9. The van der Waals surface area contributed by atoms with Crippen LogP contribution in [0, 0.1) is 6.92 Å². The SMILES string of the molecule is Cc1cnc(Nc2ccc3c(c2)B(O)OC3(C)C)nc1Nc1cccc(S(C)(=O)=O)c1. The van der Waals surface area contributed by atoms with E-state index in [1.54, 1.807) is 30.5 Å². The molecule has 0 atom stereocenters. The molecule has 0 radical (unpaired) electrons. The Morgan fingerprint density at radius 1 is 1.10 bits per heavy atom. The van der Waals surface area contributed by atoms with Crippen LogP contribution in [0.3, 0.4) is 0 Å². The predicted molar refractivity (Wildman–Crippen MR) is 121 cm³/mol. The minimum absolute atomic E-state index is 0.226. The topological polar surface area (TPSA) is 113 Å². The van der Waals surface area contributed by atoms with E-state index in [-0.39, 0.29) is 4.90 Å². The third kappa shape index (κ3) is 4.41. The fourth-order valence-electron chi connectivity index (χ4n) is 3.50. The zero-order chi connectivity index (χ0) is 22.4. The number of anilines is 4. The number of hydrogen-bond donors (Lipinski definition) is 3. The molecule has 0 unspecified atom stereocenters. The predicted octanol–water partition coefficient (Wildman–Crippen LogP) is 2.63. The molecule has 31 heavy (non-hydrogen) atoms. The van der Waals surface area contributed by atoms with Gasteiger partial charge in [-0.1, -0.05) is 12.1 Å². The summed E-state index contributed by atoms with van der Waals surface area (Å²) in [4.78, 5) is 9.07. The average molecular weight is 438 g/mol. The number of sulfone groups is 1. The number of nitrogens with one attached hydrogen (secondary N) is 2. The van der Waals surface area contributed by atoms with Gasteiger partial charge in [0.05, 0.1) is 10.5 Å². The maximum Gasteiger partial charge on any atom is 0.492 e. The van der Waals surface area contributed by atoms with Gasteiger partial charge in [-0.2, -0.15) is 4.98 Å². The summed E-state index contributed by atoms with van der Waals surface area (Å²) in [5, 5.41) is 16.5. The van der Waals surface area contributed by atoms with E-state index in [2.05, 4.69) is 20.6 Å². The molecule has 0 amide bonds. The van der Waals surface area contributed by atoms with Crippen molar-refractivity contribution in [1.29, 1.82) is 0 Å². The van der Waals surface area contributed by atoms with E-state index in [0.717, 1.165) is 11.1 Å². The van der Waals surface area contributed by atoms with E-state index in [0.29, 0.717) is 28.6 Å². The molecule has 3 aromatic rings. The number of aryl methyl sites for hydroxylation is 1. The maximum absolute atomic E-state index is 11.8. The summed E-state index contributed by atoms with van der Waals surface area (Å²) in [5.41, 5.74) is 3.21. The number of aromatic nitrogens is 2. The largest absolute Gasteiger partial charge is 0.492 e. The van der Waals surface area contributed by atoms with Crippen molar-refractivity contribution in [3.63, 3.8) is 0 Å². The molecule has 8 nitrogen and oxygen atoms in total. The van der Waals surface area contributed by atoms with Gasteiger partial charge in [-0.3, -0.25) is 0 Å². The summed E-state index contributed by atoms with van der Waals surface area (Å²) in [5.74, 6) is 0.911. The standard InChI is InChI=1S/C21H23BN4O4S/c1-13-12-23-20(25-15-8-9-17-18(11-15)22(27)30-21(17,2)3)26-19(13)24-14-6-5-7-16(10-14)31(4,28)29/h5-12,27H,1-4H3,(H2,23,24,25,26). The highest BCUT2D eigenvalue weighted by Crippen LogP contribution is 2.31. The lowest BCUT2D eigenvalue weighted by Gasteiger charge is -2.19. The molecule has 1 aliphatic heterocycles. The van der Waals surface area contributed by atoms with Crippen LogP contribution in [-0.2, 0) is 20.1 Å². The van der Waals surface area contributed by atoms with Crippen molar-refractivity contribution in [3.05, 3.63) is 59.8 Å². The Bertz CT molecular complexity index is 1260. The van der Waals surface area contributed by atoms with E-state index >= 15 is 0 Å². The minimum atomic E-state index is -3.31. The van der Waals surface area contributed by atoms with Crippen LogP contribution in [0.2, 0.25) is 0 Å². The molecule has 1 aromatic heterocycles. The molecule has 0 saturated carbocycles. The zero-order valence-corrected chi connectivity index (χ0v) is 18.5. The minimum Gasteiger partial charge on any atom is -0.423 e. The van der Waals surface area contributed by atoms with Crippen LogP contribution < -0.4 is 16.1 Å². The van der Waals surface area contributed by atoms with Crippen LogP contribution in [0.4, 0.5) is 23.1 Å². The number of benzene rings is 2. The van der Waals surface area contributed by atoms with E-state index in [1.807, 2.05) is 39.0 Å². The van der Waals surface area contributed by atoms with E-state index in [9.17, 15) is 13.4 Å². The second-order valence-electron chi connectivity index (χ2n) is 8.06. The van der Waals surface area contributed by atoms with Crippen molar-refractivity contribution >= 4 is 45.6 Å². The van der Waals surface area contributed by atoms with Gasteiger partial charge < -0.3 is 20.3 Å². The molecule has 1 aliphatic rings. The Morgan fingerprint density at radius 3 is 2.58 bits per heavy atom. The van der Waals surface area contributed by atoms with Gasteiger partial charge in [0.25, 0.3) is 0 Å². The van der Waals surface area contributed by atoms with Gasteiger partial charge in [0.2, 0.25) is 5.95 Å². The van der Waals surface area contributed by atoms with Crippen molar-refractivity contribution in [3.8, 4) is 0 Å². The van der Waals surface area contributed by atoms with Crippen LogP contribution in [-0.4, -0.2) is 36.8 Å². The smallest absolute Gasteiger partial charge is 0.423 e. The van der Waals surface area contributed by atoms with Crippen molar-refractivity contribution in [2.24, 2.45) is 0 Å². The molecule has 0 spiro atoms. The summed E-state index contributed by atoms with van der Waals surface area (Å²) >= 11 is 0. The maximum atomic E-state index is 11.8. The average Bonchev–Trinajstić information content (AvgIpc) is 2.92. The third-order valence-electron chi connectivity index (χ3n) is 5.13. The highest BCUT2D eigenvalue weighted by Gasteiger charge is 2.40. The molecule has 10 heteroatoms. The molecular weight excluding hydrogens is 415 g/mol. The first-order valence-corrected chi connectivity index (χ1v) is 11.6. The summed E-state index contributed by atoms with van der Waals surface area (Å²) in [6.45, 7) is 5.68. The van der Waals surface area contributed by atoms with E-state index in [4.69, 9.17) is 4.65 Å². The van der Waals surface area contributed by atoms with Gasteiger partial charge in [-0.15, -0.1) is 0 Å². The Morgan fingerprint density at radius 2 is 1.84 bits per heavy atom. The molecular formula is C21H23BN4O4S. The number of hydrogen-bond acceptors (Lipinski definition) is 8. The van der Waals surface area contributed by atoms with Crippen LogP contribution >= 0.6 is 0 Å². The quantitative estimate of drug-likeness (QED) is 0.521. The van der Waals surface area contributed by atoms with Gasteiger partial charge in [0.1, 0.15) is 5.82 Å². The molecule has 0 bridgehead atoms. The molecule has 0 saturated heterocycles. The zero-order valence-electron chi connectivity index (χ0n) is 17.7. The lowest BCUT2D eigenvalue weighted by molar-refractivity contribution is 0.101. The molecule has 2 aromatic carbocycles. The monoisotopic (exact) mass is 438 g/mol. The van der Waals surface area contributed by atoms with Crippen LogP contribution in [0.25, 0.3) is 0 Å². The Hall–Kier alpha value is -2.95.